The Balaban J connectivity index is 1.27. The van der Waals surface area contributed by atoms with E-state index in [0.29, 0.717) is 22.5 Å². The van der Waals surface area contributed by atoms with Gasteiger partial charge in [0, 0.05) is 27.1 Å². The molecule has 0 saturated carbocycles. The zero-order valence-corrected chi connectivity index (χ0v) is 41.0. The first-order valence-corrected chi connectivity index (χ1v) is 24.5. The monoisotopic (exact) mass is 962 g/mol. The Labute approximate surface area is 426 Å². The third kappa shape index (κ3) is 7.96. The van der Waals surface area contributed by atoms with Crippen LogP contribution in [0.5, 0.6) is 0 Å². The largest absolute Gasteiger partial charge is 0.416 e. The number of aromatic nitrogens is 2. The summed E-state index contributed by atoms with van der Waals surface area (Å²) in [6.07, 6.45) is -4.79. The zero-order chi connectivity index (χ0) is 51.0. The van der Waals surface area contributed by atoms with Crippen LogP contribution in [0, 0.1) is 50.4 Å². The lowest BCUT2D eigenvalue weighted by Crippen LogP contribution is -2.08. The van der Waals surface area contributed by atoms with E-state index in [9.17, 15) is 10.5 Å². The first kappa shape index (κ1) is 45.7. The van der Waals surface area contributed by atoms with Gasteiger partial charge in [0.15, 0.2) is 0 Å². The third-order valence-corrected chi connectivity index (χ3v) is 14.5. The van der Waals surface area contributed by atoms with Crippen LogP contribution in [-0.4, -0.2) is 9.13 Å². The maximum atomic E-state index is 15.3. The minimum absolute atomic E-state index is 0.146. The number of fused-ring (bicyclic) bond motifs is 6. The predicted octanol–water partition coefficient (Wildman–Crippen LogP) is 18.2. The lowest BCUT2D eigenvalue weighted by atomic mass is 9.94. The van der Waals surface area contributed by atoms with Crippen molar-refractivity contribution in [3.63, 3.8) is 0 Å². The average Bonchev–Trinajstić information content (AvgIpc) is 3.93. The molecular formula is C67H45F3N4. The first-order chi connectivity index (χ1) is 35.8. The molecule has 0 aliphatic heterocycles. The van der Waals surface area contributed by atoms with Gasteiger partial charge in [-0.2, -0.15) is 23.7 Å². The second-order valence-corrected chi connectivity index (χ2v) is 19.5. The smallest absolute Gasteiger partial charge is 0.308 e. The fourth-order valence-electron chi connectivity index (χ4n) is 10.6. The van der Waals surface area contributed by atoms with Gasteiger partial charge in [0.1, 0.15) is 0 Å². The third-order valence-electron chi connectivity index (χ3n) is 14.5. The normalized spacial score (nSPS) is 11.7. The van der Waals surface area contributed by atoms with E-state index in [1.807, 2.05) is 27.7 Å². The van der Waals surface area contributed by atoms with Gasteiger partial charge < -0.3 is 9.13 Å². The molecule has 0 saturated heterocycles. The van der Waals surface area contributed by atoms with Crippen molar-refractivity contribution < 1.29 is 13.2 Å². The number of halogens is 3. The van der Waals surface area contributed by atoms with Crippen LogP contribution in [0.25, 0.3) is 111 Å². The van der Waals surface area contributed by atoms with E-state index in [-0.39, 0.29) is 11.1 Å². The highest BCUT2D eigenvalue weighted by Crippen LogP contribution is 2.46. The van der Waals surface area contributed by atoms with Crippen molar-refractivity contribution in [1.29, 1.82) is 10.5 Å². The number of nitriles is 2. The minimum Gasteiger partial charge on any atom is -0.308 e. The molecule has 0 fully saturated rings. The van der Waals surface area contributed by atoms with Gasteiger partial charge >= 0.3 is 6.18 Å². The Kier molecular flexibility index (Phi) is 10.9. The van der Waals surface area contributed by atoms with Crippen LogP contribution in [0.4, 0.5) is 13.2 Å². The molecule has 0 amide bonds. The van der Waals surface area contributed by atoms with Crippen molar-refractivity contribution in [3.8, 4) is 79.1 Å². The maximum absolute atomic E-state index is 15.3. The topological polar surface area (TPSA) is 57.4 Å². The lowest BCUT2D eigenvalue weighted by molar-refractivity contribution is -0.137. The van der Waals surface area contributed by atoms with Crippen LogP contribution in [0.1, 0.15) is 38.9 Å². The summed E-state index contributed by atoms with van der Waals surface area (Å²) in [7, 11) is 0. The maximum Gasteiger partial charge on any atom is 0.416 e. The number of nitrogens with zero attached hydrogens (tertiary/aromatic N) is 4. The van der Waals surface area contributed by atoms with Crippen LogP contribution < -0.4 is 0 Å². The molecule has 12 aromatic rings. The molecule has 0 unspecified atom stereocenters. The van der Waals surface area contributed by atoms with Gasteiger partial charge in [-0.15, -0.1) is 0 Å². The van der Waals surface area contributed by atoms with Crippen molar-refractivity contribution in [2.45, 2.75) is 33.9 Å². The Morgan fingerprint density at radius 1 is 0.324 bits per heavy atom. The molecule has 0 aliphatic carbocycles. The SMILES string of the molecule is Cc1ccc(-c2ccc3c4ccc(-c5ccc(C)cc5)cc4n(-c4cc(C#N)cc(-n5c6cc(-c7ccc(C)cc7)ccc6c6ccc(-c7ccc(C)cc7)cc65)c4-c4cc(C#N)cc(C(F)(F)F)c4)c3c2)cc1. The van der Waals surface area contributed by atoms with E-state index in [0.717, 1.165) is 123 Å². The van der Waals surface area contributed by atoms with Gasteiger partial charge in [-0.1, -0.05) is 168 Å². The summed E-state index contributed by atoms with van der Waals surface area (Å²) in [5, 5.41) is 25.4. The summed E-state index contributed by atoms with van der Waals surface area (Å²) in [5.74, 6) is 0. The van der Waals surface area contributed by atoms with Crippen molar-refractivity contribution >= 4 is 43.6 Å². The predicted molar refractivity (Wildman–Crippen MR) is 296 cm³/mol. The Morgan fingerprint density at radius 2 is 0.608 bits per heavy atom. The van der Waals surface area contributed by atoms with E-state index in [4.69, 9.17) is 0 Å². The molecule has 10 aromatic carbocycles. The molecule has 2 heterocycles. The molecule has 74 heavy (non-hydrogen) atoms. The Hall–Kier alpha value is -9.43. The van der Waals surface area contributed by atoms with Crippen LogP contribution >= 0.6 is 0 Å². The molecule has 0 aliphatic rings. The second-order valence-electron chi connectivity index (χ2n) is 19.5. The molecule has 354 valence electrons. The van der Waals surface area contributed by atoms with Gasteiger partial charge in [-0.25, -0.2) is 0 Å². The van der Waals surface area contributed by atoms with Gasteiger partial charge in [-0.05, 0) is 132 Å². The molecule has 0 N–H and O–H groups in total. The number of benzene rings is 10. The van der Waals surface area contributed by atoms with Crippen molar-refractivity contribution in [3.05, 3.63) is 239 Å². The van der Waals surface area contributed by atoms with Crippen LogP contribution in [0.2, 0.25) is 0 Å². The summed E-state index contributed by atoms with van der Waals surface area (Å²) in [5.41, 5.74) is 16.1. The highest BCUT2D eigenvalue weighted by atomic mass is 19.4. The van der Waals surface area contributed by atoms with Gasteiger partial charge in [0.2, 0.25) is 0 Å². The number of alkyl halides is 3. The van der Waals surface area contributed by atoms with E-state index in [1.165, 1.54) is 6.07 Å². The molecule has 0 spiro atoms. The molecule has 0 bridgehead atoms. The zero-order valence-electron chi connectivity index (χ0n) is 41.0. The molecular weight excluding hydrogens is 918 g/mol. The van der Waals surface area contributed by atoms with Gasteiger partial charge in [-0.3, -0.25) is 0 Å². The highest BCUT2D eigenvalue weighted by molar-refractivity contribution is 6.14. The number of rotatable bonds is 7. The fourth-order valence-corrected chi connectivity index (χ4v) is 10.6. The number of aryl methyl sites for hydroxylation is 4. The molecule has 2 aromatic heterocycles. The summed E-state index contributed by atoms with van der Waals surface area (Å²) in [6, 6.07) is 70.3. The summed E-state index contributed by atoms with van der Waals surface area (Å²) < 4.78 is 50.0. The van der Waals surface area contributed by atoms with E-state index < -0.39 is 11.7 Å². The molecule has 0 atom stereocenters. The second kappa shape index (κ2) is 17.7. The Bertz CT molecular complexity index is 3870. The molecule has 12 rings (SSSR count). The van der Waals surface area contributed by atoms with Crippen LogP contribution in [-0.2, 0) is 6.18 Å². The summed E-state index contributed by atoms with van der Waals surface area (Å²) >= 11 is 0. The van der Waals surface area contributed by atoms with E-state index in [2.05, 4.69) is 191 Å². The van der Waals surface area contributed by atoms with Gasteiger partial charge in [0.25, 0.3) is 0 Å². The quantitative estimate of drug-likeness (QED) is 0.160. The highest BCUT2D eigenvalue weighted by Gasteiger charge is 2.33. The molecule has 7 heteroatoms. The van der Waals surface area contributed by atoms with E-state index >= 15 is 13.2 Å². The fraction of sp³-hybridized carbons (Fsp3) is 0.0746. The molecule has 4 nitrogen and oxygen atoms in total. The number of hydrogen-bond donors (Lipinski definition) is 0. The number of hydrogen-bond acceptors (Lipinski definition) is 2. The standard InChI is InChI=1S/C67H45F3N4/c1-40-5-13-46(14-6-40)50-21-25-56-57-26-22-51(47-15-7-41(2)8-16-47)35-61(57)73(60(56)34-50)64-31-45(39-72)32-65(66(64)54-29-44(38-71)30-55(33-54)67(68,69)70)74-62-36-52(48-17-9-42(3)10-18-48)23-27-58(62)59-28-24-53(37-63(59)74)49-19-11-43(4)12-20-49/h5-37H,1-4H3. The molecule has 0 radical (unpaired) electrons. The van der Waals surface area contributed by atoms with Crippen molar-refractivity contribution in [1.82, 2.24) is 9.13 Å². The van der Waals surface area contributed by atoms with Gasteiger partial charge in [0.05, 0.1) is 62.3 Å². The lowest BCUT2D eigenvalue weighted by Gasteiger charge is -2.22. The minimum atomic E-state index is -4.79. The first-order valence-electron chi connectivity index (χ1n) is 24.5. The summed E-state index contributed by atoms with van der Waals surface area (Å²) in [4.78, 5) is 0. The van der Waals surface area contributed by atoms with Crippen molar-refractivity contribution in [2.24, 2.45) is 0 Å². The Morgan fingerprint density at radius 3 is 0.892 bits per heavy atom. The van der Waals surface area contributed by atoms with E-state index in [1.54, 1.807) is 12.1 Å². The van der Waals surface area contributed by atoms with Crippen LogP contribution in [0.3, 0.4) is 0 Å². The van der Waals surface area contributed by atoms with Crippen LogP contribution in [0.15, 0.2) is 200 Å². The van der Waals surface area contributed by atoms with Crippen molar-refractivity contribution in [2.75, 3.05) is 0 Å². The average molecular weight is 963 g/mol. The summed E-state index contributed by atoms with van der Waals surface area (Å²) in [6.45, 7) is 8.19.